The molecule has 0 aromatic carbocycles. The highest BCUT2D eigenvalue weighted by Crippen LogP contribution is 2.28. The van der Waals surface area contributed by atoms with Gasteiger partial charge in [-0.3, -0.25) is 4.79 Å². The predicted octanol–water partition coefficient (Wildman–Crippen LogP) is 3.00. The van der Waals surface area contributed by atoms with Gasteiger partial charge in [-0.15, -0.1) is 0 Å². The maximum atomic E-state index is 11.9. The van der Waals surface area contributed by atoms with Crippen molar-refractivity contribution in [3.63, 3.8) is 0 Å². The largest absolute Gasteiger partial charge is 0.352 e. The van der Waals surface area contributed by atoms with Crippen LogP contribution in [-0.2, 0) is 4.79 Å². The molecule has 1 amide bonds. The highest BCUT2D eigenvalue weighted by atomic mass is 79.9. The van der Waals surface area contributed by atoms with Gasteiger partial charge in [0.2, 0.25) is 5.91 Å². The van der Waals surface area contributed by atoms with Crippen LogP contribution >= 0.6 is 15.9 Å². The second kappa shape index (κ2) is 5.33. The molecule has 0 aliphatic heterocycles. The van der Waals surface area contributed by atoms with Gasteiger partial charge in [0.25, 0.3) is 0 Å². The fourth-order valence-corrected chi connectivity index (χ4v) is 3.46. The molecule has 2 atom stereocenters. The number of halogens is 1. The van der Waals surface area contributed by atoms with Crippen molar-refractivity contribution >= 4 is 21.8 Å². The fourth-order valence-electron chi connectivity index (χ4n) is 2.74. The minimum absolute atomic E-state index is 0.309. The smallest absolute Gasteiger partial charge is 0.223 e. The van der Waals surface area contributed by atoms with Crippen molar-refractivity contribution in [2.45, 2.75) is 62.2 Å². The second-order valence-electron chi connectivity index (χ2n) is 4.90. The summed E-state index contributed by atoms with van der Waals surface area (Å²) in [6.07, 6.45) is 9.59. The van der Waals surface area contributed by atoms with E-state index in [0.717, 1.165) is 19.3 Å². The minimum Gasteiger partial charge on any atom is -0.352 e. The summed E-state index contributed by atoms with van der Waals surface area (Å²) in [7, 11) is 0. The quantitative estimate of drug-likeness (QED) is 0.770. The molecule has 0 saturated heterocycles. The molecule has 2 aliphatic rings. The molecule has 0 heterocycles. The highest BCUT2D eigenvalue weighted by Gasteiger charge is 2.28. The lowest BCUT2D eigenvalue weighted by Crippen LogP contribution is -2.44. The molecule has 2 nitrogen and oxygen atoms in total. The Balaban J connectivity index is 1.81. The summed E-state index contributed by atoms with van der Waals surface area (Å²) in [5.41, 5.74) is 0. The Morgan fingerprint density at radius 2 is 1.60 bits per heavy atom. The Bertz CT molecular complexity index is 226. The van der Waals surface area contributed by atoms with Crippen molar-refractivity contribution in [3.05, 3.63) is 0 Å². The first kappa shape index (κ1) is 11.4. The summed E-state index contributed by atoms with van der Waals surface area (Å²) >= 11 is 3.68. The first-order valence-corrected chi connectivity index (χ1v) is 7.13. The second-order valence-corrected chi connectivity index (χ2v) is 6.07. The van der Waals surface area contributed by atoms with Crippen molar-refractivity contribution < 1.29 is 4.79 Å². The van der Waals surface area contributed by atoms with Crippen LogP contribution in [0.4, 0.5) is 0 Å². The van der Waals surface area contributed by atoms with E-state index in [-0.39, 0.29) is 0 Å². The summed E-state index contributed by atoms with van der Waals surface area (Å²) in [5.74, 6) is 0.621. The van der Waals surface area contributed by atoms with Gasteiger partial charge < -0.3 is 5.32 Å². The molecular weight excluding hydrogens is 254 g/mol. The van der Waals surface area contributed by atoms with Crippen molar-refractivity contribution in [1.82, 2.24) is 5.32 Å². The van der Waals surface area contributed by atoms with Crippen molar-refractivity contribution in [3.8, 4) is 0 Å². The topological polar surface area (TPSA) is 29.1 Å². The summed E-state index contributed by atoms with van der Waals surface area (Å²) in [6, 6.07) is 0.381. The summed E-state index contributed by atoms with van der Waals surface area (Å²) in [4.78, 5) is 12.4. The first-order chi connectivity index (χ1) is 7.27. The van der Waals surface area contributed by atoms with E-state index in [1.165, 1.54) is 32.1 Å². The zero-order valence-corrected chi connectivity index (χ0v) is 10.8. The van der Waals surface area contributed by atoms with E-state index >= 15 is 0 Å². The molecule has 1 N–H and O–H groups in total. The number of carbonyl (C=O) groups is 1. The molecule has 0 bridgehead atoms. The highest BCUT2D eigenvalue weighted by molar-refractivity contribution is 9.09. The SMILES string of the molecule is O=C(NC1CCCCC1Br)C1CCCC1. The van der Waals surface area contributed by atoms with E-state index < -0.39 is 0 Å². The number of carbonyl (C=O) groups excluding carboxylic acids is 1. The van der Waals surface area contributed by atoms with Crippen LogP contribution in [0.5, 0.6) is 0 Å². The lowest BCUT2D eigenvalue weighted by atomic mass is 9.94. The average molecular weight is 274 g/mol. The van der Waals surface area contributed by atoms with Gasteiger partial charge in [0.15, 0.2) is 0 Å². The zero-order valence-electron chi connectivity index (χ0n) is 9.18. The molecule has 0 aromatic heterocycles. The van der Waals surface area contributed by atoms with Crippen LogP contribution in [0.25, 0.3) is 0 Å². The van der Waals surface area contributed by atoms with Gasteiger partial charge in [-0.1, -0.05) is 41.6 Å². The molecular formula is C12H20BrNO. The number of amides is 1. The molecule has 2 rings (SSSR count). The molecule has 0 aromatic rings. The molecule has 2 fully saturated rings. The third-order valence-corrected chi connectivity index (χ3v) is 4.83. The number of hydrogen-bond acceptors (Lipinski definition) is 1. The van der Waals surface area contributed by atoms with E-state index in [0.29, 0.717) is 22.7 Å². The zero-order chi connectivity index (χ0) is 10.7. The third kappa shape index (κ3) is 2.96. The molecule has 2 saturated carbocycles. The average Bonchev–Trinajstić information content (AvgIpc) is 2.74. The van der Waals surface area contributed by atoms with E-state index in [9.17, 15) is 4.79 Å². The number of hydrogen-bond donors (Lipinski definition) is 1. The van der Waals surface area contributed by atoms with Crippen LogP contribution < -0.4 is 5.32 Å². The standard InChI is InChI=1S/C12H20BrNO/c13-10-7-3-4-8-11(10)14-12(15)9-5-1-2-6-9/h9-11H,1-8H2,(H,14,15). The Labute approximate surface area is 100 Å². The number of alkyl halides is 1. The normalized spacial score (nSPS) is 32.9. The molecule has 15 heavy (non-hydrogen) atoms. The Kier molecular flexibility index (Phi) is 4.06. The fraction of sp³-hybridized carbons (Fsp3) is 0.917. The Morgan fingerprint density at radius 1 is 1.00 bits per heavy atom. The Hall–Kier alpha value is -0.0500. The third-order valence-electron chi connectivity index (χ3n) is 3.74. The molecule has 0 radical (unpaired) electrons. The van der Waals surface area contributed by atoms with Crippen LogP contribution in [0.3, 0.4) is 0 Å². The minimum atomic E-state index is 0.309. The molecule has 2 unspecified atom stereocenters. The lowest BCUT2D eigenvalue weighted by Gasteiger charge is -2.29. The lowest BCUT2D eigenvalue weighted by molar-refractivity contribution is -0.125. The maximum Gasteiger partial charge on any atom is 0.223 e. The monoisotopic (exact) mass is 273 g/mol. The van der Waals surface area contributed by atoms with Crippen molar-refractivity contribution in [2.24, 2.45) is 5.92 Å². The summed E-state index contributed by atoms with van der Waals surface area (Å²) in [5, 5.41) is 3.22. The Morgan fingerprint density at radius 3 is 2.27 bits per heavy atom. The summed E-state index contributed by atoms with van der Waals surface area (Å²) < 4.78 is 0. The van der Waals surface area contributed by atoms with Crippen LogP contribution in [0.1, 0.15) is 51.4 Å². The van der Waals surface area contributed by atoms with Gasteiger partial charge >= 0.3 is 0 Å². The maximum absolute atomic E-state index is 11.9. The van der Waals surface area contributed by atoms with Gasteiger partial charge in [-0.05, 0) is 25.7 Å². The molecule has 86 valence electrons. The molecule has 3 heteroatoms. The van der Waals surface area contributed by atoms with Crippen molar-refractivity contribution in [2.75, 3.05) is 0 Å². The van der Waals surface area contributed by atoms with E-state index in [4.69, 9.17) is 0 Å². The van der Waals surface area contributed by atoms with E-state index in [2.05, 4.69) is 21.2 Å². The molecule has 0 spiro atoms. The summed E-state index contributed by atoms with van der Waals surface area (Å²) in [6.45, 7) is 0. The predicted molar refractivity (Wildman–Crippen MR) is 65.1 cm³/mol. The molecule has 2 aliphatic carbocycles. The van der Waals surface area contributed by atoms with Crippen LogP contribution in [0.15, 0.2) is 0 Å². The first-order valence-electron chi connectivity index (χ1n) is 6.22. The number of rotatable bonds is 2. The van der Waals surface area contributed by atoms with E-state index in [1.807, 2.05) is 0 Å². The van der Waals surface area contributed by atoms with Crippen LogP contribution in [0.2, 0.25) is 0 Å². The van der Waals surface area contributed by atoms with Gasteiger partial charge in [0, 0.05) is 16.8 Å². The van der Waals surface area contributed by atoms with Crippen LogP contribution in [-0.4, -0.2) is 16.8 Å². The van der Waals surface area contributed by atoms with Gasteiger partial charge in [0.05, 0.1) is 0 Å². The van der Waals surface area contributed by atoms with Crippen molar-refractivity contribution in [1.29, 1.82) is 0 Å². The van der Waals surface area contributed by atoms with Gasteiger partial charge in [-0.2, -0.15) is 0 Å². The number of nitrogens with one attached hydrogen (secondary N) is 1. The van der Waals surface area contributed by atoms with E-state index in [1.54, 1.807) is 0 Å². The van der Waals surface area contributed by atoms with Gasteiger partial charge in [0.1, 0.15) is 0 Å². The van der Waals surface area contributed by atoms with Gasteiger partial charge in [-0.25, -0.2) is 0 Å². The van der Waals surface area contributed by atoms with Crippen LogP contribution in [0, 0.1) is 5.92 Å².